The van der Waals surface area contributed by atoms with Gasteiger partial charge in [-0.25, -0.2) is 0 Å². The maximum atomic E-state index is 5.60. The van der Waals surface area contributed by atoms with Crippen molar-refractivity contribution in [1.29, 1.82) is 0 Å². The molecule has 0 spiro atoms. The molecule has 2 rings (SSSR count). The Morgan fingerprint density at radius 3 is 2.65 bits per heavy atom. The van der Waals surface area contributed by atoms with Gasteiger partial charge in [-0.15, -0.1) is 0 Å². The second-order valence-corrected chi connectivity index (χ2v) is 5.07. The van der Waals surface area contributed by atoms with Crippen LogP contribution in [0.15, 0.2) is 24.4 Å². The monoisotopic (exact) mass is 273 g/mol. The van der Waals surface area contributed by atoms with Crippen molar-refractivity contribution in [2.24, 2.45) is 7.05 Å². The van der Waals surface area contributed by atoms with E-state index in [1.54, 1.807) is 7.11 Å². The molecule has 1 unspecified atom stereocenters. The Balaban J connectivity index is 2.58. The van der Waals surface area contributed by atoms with Crippen LogP contribution in [0.2, 0.25) is 0 Å². The number of aromatic nitrogens is 2. The van der Waals surface area contributed by atoms with E-state index in [0.29, 0.717) is 0 Å². The summed E-state index contributed by atoms with van der Waals surface area (Å²) in [7, 11) is 3.69. The van der Waals surface area contributed by atoms with Crippen molar-refractivity contribution < 1.29 is 4.74 Å². The number of ether oxygens (including phenoxy) is 1. The zero-order valence-electron chi connectivity index (χ0n) is 12.9. The Morgan fingerprint density at radius 2 is 2.10 bits per heavy atom. The van der Waals surface area contributed by atoms with Crippen molar-refractivity contribution in [2.75, 3.05) is 13.7 Å². The van der Waals surface area contributed by atoms with Gasteiger partial charge < -0.3 is 10.1 Å². The molecule has 1 aromatic heterocycles. The largest absolute Gasteiger partial charge is 0.496 e. The van der Waals surface area contributed by atoms with Crippen LogP contribution >= 0.6 is 0 Å². The first-order valence-corrected chi connectivity index (χ1v) is 6.94. The molecule has 0 saturated heterocycles. The third-order valence-corrected chi connectivity index (χ3v) is 3.56. The maximum absolute atomic E-state index is 5.60. The molecule has 0 saturated carbocycles. The number of hydrogen-bond donors (Lipinski definition) is 1. The summed E-state index contributed by atoms with van der Waals surface area (Å²) in [6.07, 6.45) is 1.83. The lowest BCUT2D eigenvalue weighted by atomic mass is 9.95. The summed E-state index contributed by atoms with van der Waals surface area (Å²) >= 11 is 0. The lowest BCUT2D eigenvalue weighted by Crippen LogP contribution is -2.25. The Morgan fingerprint density at radius 1 is 1.35 bits per heavy atom. The van der Waals surface area contributed by atoms with Gasteiger partial charge in [0.15, 0.2) is 0 Å². The third-order valence-electron chi connectivity index (χ3n) is 3.56. The molecule has 0 radical (unpaired) electrons. The quantitative estimate of drug-likeness (QED) is 0.910. The number of hydrogen-bond acceptors (Lipinski definition) is 3. The van der Waals surface area contributed by atoms with Crippen LogP contribution in [0.3, 0.4) is 0 Å². The van der Waals surface area contributed by atoms with Gasteiger partial charge in [0.2, 0.25) is 0 Å². The van der Waals surface area contributed by atoms with Crippen LogP contribution in [0.1, 0.15) is 35.3 Å². The zero-order chi connectivity index (χ0) is 14.7. The average molecular weight is 273 g/mol. The van der Waals surface area contributed by atoms with Gasteiger partial charge in [0.25, 0.3) is 0 Å². The summed E-state index contributed by atoms with van der Waals surface area (Å²) in [4.78, 5) is 0. The molecule has 0 aliphatic rings. The summed E-state index contributed by atoms with van der Waals surface area (Å²) in [5, 5.41) is 7.82. The van der Waals surface area contributed by atoms with Gasteiger partial charge in [0.05, 0.1) is 18.8 Å². The highest BCUT2D eigenvalue weighted by Crippen LogP contribution is 2.33. The fraction of sp³-hybridized carbons (Fsp3) is 0.438. The first-order valence-electron chi connectivity index (χ1n) is 6.94. The molecule has 0 amide bonds. The molecule has 1 aromatic carbocycles. The Kier molecular flexibility index (Phi) is 4.45. The van der Waals surface area contributed by atoms with E-state index < -0.39 is 0 Å². The summed E-state index contributed by atoms with van der Waals surface area (Å²) in [5.41, 5.74) is 4.76. The number of aryl methyl sites for hydroxylation is 3. The van der Waals surface area contributed by atoms with Gasteiger partial charge in [0, 0.05) is 18.8 Å². The minimum absolute atomic E-state index is 0.0862. The van der Waals surface area contributed by atoms with E-state index in [1.807, 2.05) is 24.0 Å². The number of benzene rings is 1. The van der Waals surface area contributed by atoms with Crippen LogP contribution < -0.4 is 10.1 Å². The molecule has 0 aliphatic carbocycles. The van der Waals surface area contributed by atoms with Crippen LogP contribution in [0, 0.1) is 13.8 Å². The molecular formula is C16H23N3O. The zero-order valence-corrected chi connectivity index (χ0v) is 12.9. The van der Waals surface area contributed by atoms with Crippen molar-refractivity contribution in [3.8, 4) is 5.75 Å². The molecule has 20 heavy (non-hydrogen) atoms. The molecule has 0 aliphatic heterocycles. The second-order valence-electron chi connectivity index (χ2n) is 5.07. The lowest BCUT2D eigenvalue weighted by Gasteiger charge is -2.23. The van der Waals surface area contributed by atoms with Gasteiger partial charge in [-0.05, 0) is 43.7 Å². The topological polar surface area (TPSA) is 39.1 Å². The first kappa shape index (κ1) is 14.6. The molecule has 1 heterocycles. The van der Waals surface area contributed by atoms with Gasteiger partial charge in [0.1, 0.15) is 5.75 Å². The van der Waals surface area contributed by atoms with Crippen molar-refractivity contribution in [1.82, 2.24) is 15.1 Å². The Labute approximate surface area is 120 Å². The molecular weight excluding hydrogens is 250 g/mol. The summed E-state index contributed by atoms with van der Waals surface area (Å²) in [5.74, 6) is 0.926. The highest BCUT2D eigenvalue weighted by molar-refractivity contribution is 5.47. The van der Waals surface area contributed by atoms with E-state index >= 15 is 0 Å². The van der Waals surface area contributed by atoms with E-state index in [9.17, 15) is 0 Å². The molecule has 0 bridgehead atoms. The molecule has 4 nitrogen and oxygen atoms in total. The highest BCUT2D eigenvalue weighted by atomic mass is 16.5. The number of nitrogens with zero attached hydrogens (tertiary/aromatic N) is 2. The van der Waals surface area contributed by atoms with Crippen molar-refractivity contribution in [2.45, 2.75) is 26.8 Å². The smallest absolute Gasteiger partial charge is 0.124 e. The normalized spacial score (nSPS) is 12.4. The summed E-state index contributed by atoms with van der Waals surface area (Å²) < 4.78 is 7.51. The number of nitrogens with one attached hydrogen (secondary N) is 1. The van der Waals surface area contributed by atoms with E-state index in [2.05, 4.69) is 43.3 Å². The molecule has 0 fully saturated rings. The van der Waals surface area contributed by atoms with E-state index in [0.717, 1.165) is 18.0 Å². The van der Waals surface area contributed by atoms with Gasteiger partial charge in [-0.2, -0.15) is 5.10 Å². The van der Waals surface area contributed by atoms with E-state index in [-0.39, 0.29) is 6.04 Å². The van der Waals surface area contributed by atoms with Crippen molar-refractivity contribution in [3.05, 3.63) is 46.8 Å². The SMILES string of the molecule is CCNC(c1c(C)cc(C)cc1OC)c1ccnn1C. The lowest BCUT2D eigenvalue weighted by molar-refractivity contribution is 0.401. The number of rotatable bonds is 5. The minimum atomic E-state index is 0.0862. The average Bonchev–Trinajstić information content (AvgIpc) is 2.82. The first-order chi connectivity index (χ1) is 9.58. The van der Waals surface area contributed by atoms with Crippen LogP contribution in [0.25, 0.3) is 0 Å². The third kappa shape index (κ3) is 2.70. The predicted molar refractivity (Wildman–Crippen MR) is 81.2 cm³/mol. The molecule has 1 N–H and O–H groups in total. The molecule has 2 aromatic rings. The molecule has 4 heteroatoms. The molecule has 108 valence electrons. The number of methoxy groups -OCH3 is 1. The summed E-state index contributed by atoms with van der Waals surface area (Å²) in [6, 6.07) is 6.41. The second kappa shape index (κ2) is 6.09. The fourth-order valence-electron chi connectivity index (χ4n) is 2.70. The van der Waals surface area contributed by atoms with E-state index in [4.69, 9.17) is 4.74 Å². The van der Waals surface area contributed by atoms with Gasteiger partial charge in [-0.3, -0.25) is 4.68 Å². The highest BCUT2D eigenvalue weighted by Gasteiger charge is 2.22. The van der Waals surface area contributed by atoms with E-state index in [1.165, 1.54) is 16.7 Å². The Bertz CT molecular complexity index is 589. The van der Waals surface area contributed by atoms with Gasteiger partial charge in [-0.1, -0.05) is 13.0 Å². The van der Waals surface area contributed by atoms with Crippen molar-refractivity contribution >= 4 is 0 Å². The molecule has 1 atom stereocenters. The minimum Gasteiger partial charge on any atom is -0.496 e. The van der Waals surface area contributed by atoms with Crippen LogP contribution in [0.4, 0.5) is 0 Å². The fourth-order valence-corrected chi connectivity index (χ4v) is 2.70. The van der Waals surface area contributed by atoms with Crippen LogP contribution in [-0.4, -0.2) is 23.4 Å². The summed E-state index contributed by atoms with van der Waals surface area (Å²) in [6.45, 7) is 7.21. The predicted octanol–water partition coefficient (Wildman–Crippen LogP) is 2.74. The van der Waals surface area contributed by atoms with Crippen LogP contribution in [-0.2, 0) is 7.05 Å². The Hall–Kier alpha value is -1.81. The van der Waals surface area contributed by atoms with Crippen LogP contribution in [0.5, 0.6) is 5.75 Å². The standard InChI is InChI=1S/C16H23N3O/c1-6-17-16(13-7-8-18-19(13)4)15-12(3)9-11(2)10-14(15)20-5/h7-10,16-17H,6H2,1-5H3. The maximum Gasteiger partial charge on any atom is 0.124 e. The van der Waals surface area contributed by atoms with Gasteiger partial charge >= 0.3 is 0 Å². The van der Waals surface area contributed by atoms with Crippen molar-refractivity contribution in [3.63, 3.8) is 0 Å².